The lowest BCUT2D eigenvalue weighted by molar-refractivity contribution is -0.175. The van der Waals surface area contributed by atoms with Crippen LogP contribution in [0.2, 0.25) is 0 Å². The molecule has 0 fully saturated rings. The van der Waals surface area contributed by atoms with Gasteiger partial charge in [0.2, 0.25) is 5.78 Å². The molecule has 0 aliphatic heterocycles. The van der Waals surface area contributed by atoms with E-state index in [-0.39, 0.29) is 17.6 Å². The Bertz CT molecular complexity index is 242. The Kier molecular flexibility index (Phi) is 5.79. The molecule has 0 aromatic rings. The molecule has 0 heterocycles. The number of hydrogen-bond acceptors (Lipinski definition) is 4. The van der Waals surface area contributed by atoms with Gasteiger partial charge in [-0.15, -0.1) is 0 Å². The summed E-state index contributed by atoms with van der Waals surface area (Å²) in [5, 5.41) is 0.0620. The number of thioether (sulfide) groups is 1. The molecule has 0 amide bonds. The van der Waals surface area contributed by atoms with Gasteiger partial charge in [-0.05, 0) is 12.2 Å². The van der Waals surface area contributed by atoms with Crippen LogP contribution in [0.4, 0.5) is 8.78 Å². The van der Waals surface area contributed by atoms with Crippen LogP contribution in [0.15, 0.2) is 0 Å². The average molecular weight is 240 g/mol. The molecule has 0 aromatic carbocycles. The van der Waals surface area contributed by atoms with Crippen LogP contribution in [0, 0.1) is 0 Å². The van der Waals surface area contributed by atoms with E-state index >= 15 is 0 Å². The lowest BCUT2D eigenvalue weighted by Gasteiger charge is -2.13. The van der Waals surface area contributed by atoms with E-state index in [4.69, 9.17) is 0 Å². The number of esters is 1. The number of rotatable bonds is 6. The number of carbonyl (C=O) groups is 2. The molecule has 0 aliphatic rings. The molecule has 0 spiro atoms. The molecule has 88 valence electrons. The van der Waals surface area contributed by atoms with Crippen LogP contribution in [0.1, 0.15) is 20.8 Å². The van der Waals surface area contributed by atoms with Crippen molar-refractivity contribution in [3.05, 3.63) is 0 Å². The first-order chi connectivity index (χ1) is 6.82. The molecule has 0 bridgehead atoms. The Morgan fingerprint density at radius 3 is 2.33 bits per heavy atom. The predicted molar refractivity (Wildman–Crippen MR) is 54.2 cm³/mol. The molecule has 0 rings (SSSR count). The molecule has 0 aliphatic carbocycles. The van der Waals surface area contributed by atoms with Crippen LogP contribution in [-0.2, 0) is 14.3 Å². The molecule has 0 saturated heterocycles. The molecule has 0 atom stereocenters. The summed E-state index contributed by atoms with van der Waals surface area (Å²) >= 11 is 1.06. The van der Waals surface area contributed by atoms with E-state index in [1.165, 1.54) is 6.92 Å². The largest absolute Gasteiger partial charge is 0.461 e. The molecule has 0 saturated carbocycles. The smallest absolute Gasteiger partial charge is 0.400 e. The third kappa shape index (κ3) is 4.59. The molecule has 0 aromatic heterocycles. The fourth-order valence-corrected chi connectivity index (χ4v) is 1.33. The summed E-state index contributed by atoms with van der Waals surface area (Å²) < 4.78 is 30.1. The number of halogens is 2. The standard InChI is InChI=1S/C9H14F2O3S/c1-4-14-8(13)9(10,11)7(12)5-15-6(2)3/h6H,4-5H2,1-3H3. The van der Waals surface area contributed by atoms with Crippen LogP contribution < -0.4 is 0 Å². The van der Waals surface area contributed by atoms with Crippen LogP contribution >= 0.6 is 11.8 Å². The summed E-state index contributed by atoms with van der Waals surface area (Å²) in [6.07, 6.45) is 0. The third-order valence-electron chi connectivity index (χ3n) is 1.43. The maximum atomic E-state index is 13.0. The zero-order valence-electron chi connectivity index (χ0n) is 8.88. The van der Waals surface area contributed by atoms with Crippen molar-refractivity contribution in [2.75, 3.05) is 12.4 Å². The number of alkyl halides is 2. The zero-order valence-corrected chi connectivity index (χ0v) is 9.70. The van der Waals surface area contributed by atoms with Crippen molar-refractivity contribution in [2.24, 2.45) is 0 Å². The van der Waals surface area contributed by atoms with Gasteiger partial charge in [-0.2, -0.15) is 20.5 Å². The number of hydrogen-bond donors (Lipinski definition) is 0. The first kappa shape index (κ1) is 14.3. The van der Waals surface area contributed by atoms with Crippen molar-refractivity contribution in [2.45, 2.75) is 31.9 Å². The lowest BCUT2D eigenvalue weighted by Crippen LogP contribution is -2.40. The lowest BCUT2D eigenvalue weighted by atomic mass is 10.2. The Balaban J connectivity index is 4.31. The molecule has 3 nitrogen and oxygen atoms in total. The minimum absolute atomic E-state index is 0.0620. The zero-order chi connectivity index (χ0) is 12.1. The van der Waals surface area contributed by atoms with Gasteiger partial charge in [-0.1, -0.05) is 13.8 Å². The highest BCUT2D eigenvalue weighted by Gasteiger charge is 2.48. The average Bonchev–Trinajstić information content (AvgIpc) is 2.14. The number of ketones is 1. The van der Waals surface area contributed by atoms with Gasteiger partial charge in [0.25, 0.3) is 0 Å². The van der Waals surface area contributed by atoms with Gasteiger partial charge in [0.1, 0.15) is 0 Å². The van der Waals surface area contributed by atoms with E-state index in [9.17, 15) is 18.4 Å². The van der Waals surface area contributed by atoms with E-state index < -0.39 is 17.7 Å². The molecule has 6 heteroatoms. The Morgan fingerprint density at radius 2 is 1.93 bits per heavy atom. The summed E-state index contributed by atoms with van der Waals surface area (Å²) in [7, 11) is 0. The van der Waals surface area contributed by atoms with Crippen molar-refractivity contribution < 1.29 is 23.1 Å². The quantitative estimate of drug-likeness (QED) is 0.525. The van der Waals surface area contributed by atoms with Gasteiger partial charge in [0.05, 0.1) is 12.4 Å². The predicted octanol–water partition coefficient (Wildman–Crippen LogP) is 1.90. The number of Topliss-reactive ketones (excluding diaryl/α,β-unsaturated/α-hetero) is 1. The van der Waals surface area contributed by atoms with Gasteiger partial charge < -0.3 is 4.74 Å². The Hall–Kier alpha value is -0.650. The van der Waals surface area contributed by atoms with Gasteiger partial charge in [0, 0.05) is 0 Å². The SMILES string of the molecule is CCOC(=O)C(F)(F)C(=O)CSC(C)C. The highest BCUT2D eigenvalue weighted by molar-refractivity contribution is 8.00. The van der Waals surface area contributed by atoms with Crippen LogP contribution in [0.3, 0.4) is 0 Å². The number of ether oxygens (including phenoxy) is 1. The molecule has 0 unspecified atom stereocenters. The molecule has 0 N–H and O–H groups in total. The van der Waals surface area contributed by atoms with Crippen molar-refractivity contribution in [1.29, 1.82) is 0 Å². The number of carbonyl (C=O) groups excluding carboxylic acids is 2. The van der Waals surface area contributed by atoms with Crippen LogP contribution in [-0.4, -0.2) is 35.3 Å². The summed E-state index contributed by atoms with van der Waals surface area (Å²) in [6, 6.07) is 0. The third-order valence-corrected chi connectivity index (χ3v) is 2.53. The second-order valence-electron chi connectivity index (χ2n) is 3.08. The fourth-order valence-electron chi connectivity index (χ4n) is 0.669. The van der Waals surface area contributed by atoms with Gasteiger partial charge >= 0.3 is 11.9 Å². The van der Waals surface area contributed by atoms with Crippen molar-refractivity contribution >= 4 is 23.5 Å². The summed E-state index contributed by atoms with van der Waals surface area (Å²) in [6.45, 7) is 4.79. The second-order valence-corrected chi connectivity index (χ2v) is 4.64. The first-order valence-corrected chi connectivity index (χ1v) is 5.57. The fraction of sp³-hybridized carbons (Fsp3) is 0.778. The summed E-state index contributed by atoms with van der Waals surface area (Å²) in [4.78, 5) is 21.8. The normalized spacial score (nSPS) is 11.6. The van der Waals surface area contributed by atoms with Gasteiger partial charge in [-0.25, -0.2) is 4.79 Å². The maximum absolute atomic E-state index is 13.0. The van der Waals surface area contributed by atoms with Gasteiger partial charge in [0.15, 0.2) is 0 Å². The maximum Gasteiger partial charge on any atom is 0.400 e. The van der Waals surface area contributed by atoms with E-state index in [0.717, 1.165) is 11.8 Å². The minimum Gasteiger partial charge on any atom is -0.461 e. The Morgan fingerprint density at radius 1 is 1.40 bits per heavy atom. The molecular formula is C9H14F2O3S. The monoisotopic (exact) mass is 240 g/mol. The molecule has 0 radical (unpaired) electrons. The molecule has 15 heavy (non-hydrogen) atoms. The van der Waals surface area contributed by atoms with E-state index in [1.54, 1.807) is 13.8 Å². The topological polar surface area (TPSA) is 43.4 Å². The van der Waals surface area contributed by atoms with Crippen molar-refractivity contribution in [3.8, 4) is 0 Å². The van der Waals surface area contributed by atoms with E-state index in [1.807, 2.05) is 0 Å². The second kappa shape index (κ2) is 6.05. The van der Waals surface area contributed by atoms with E-state index in [2.05, 4.69) is 4.74 Å². The first-order valence-electron chi connectivity index (χ1n) is 4.52. The van der Waals surface area contributed by atoms with Crippen molar-refractivity contribution in [1.82, 2.24) is 0 Å². The highest BCUT2D eigenvalue weighted by Crippen LogP contribution is 2.21. The summed E-state index contributed by atoms with van der Waals surface area (Å²) in [5.41, 5.74) is 0. The molecular weight excluding hydrogens is 226 g/mol. The summed E-state index contributed by atoms with van der Waals surface area (Å²) in [5.74, 6) is -7.57. The van der Waals surface area contributed by atoms with Crippen LogP contribution in [0.25, 0.3) is 0 Å². The van der Waals surface area contributed by atoms with Crippen LogP contribution in [0.5, 0.6) is 0 Å². The van der Waals surface area contributed by atoms with Crippen molar-refractivity contribution in [3.63, 3.8) is 0 Å². The van der Waals surface area contributed by atoms with Gasteiger partial charge in [-0.3, -0.25) is 4.79 Å². The van der Waals surface area contributed by atoms with E-state index in [0.29, 0.717) is 0 Å². The minimum atomic E-state index is -4.02. The Labute approximate surface area is 91.5 Å². The highest BCUT2D eigenvalue weighted by atomic mass is 32.2.